The maximum atomic E-state index is 5.16. The van der Waals surface area contributed by atoms with Gasteiger partial charge in [-0.2, -0.15) is 0 Å². The van der Waals surface area contributed by atoms with Crippen LogP contribution >= 0.6 is 0 Å². The smallest absolute Gasteiger partial charge is 0.176 e. The fourth-order valence-electron chi connectivity index (χ4n) is 3.01. The van der Waals surface area contributed by atoms with Crippen LogP contribution in [0.1, 0.15) is 6.42 Å². The van der Waals surface area contributed by atoms with Crippen LogP contribution in [0.3, 0.4) is 0 Å². The van der Waals surface area contributed by atoms with Crippen molar-refractivity contribution in [1.82, 2.24) is 24.0 Å². The predicted molar refractivity (Wildman–Crippen MR) is 80.9 cm³/mol. The third kappa shape index (κ3) is 3.16. The van der Waals surface area contributed by atoms with Crippen LogP contribution in [0.25, 0.3) is 11.6 Å². The van der Waals surface area contributed by atoms with Crippen molar-refractivity contribution in [1.29, 1.82) is 0 Å². The molecule has 1 saturated heterocycles. The Balaban J connectivity index is 1.65. The highest BCUT2D eigenvalue weighted by Gasteiger charge is 2.23. The van der Waals surface area contributed by atoms with E-state index >= 15 is 0 Å². The second-order valence-corrected chi connectivity index (χ2v) is 5.71. The minimum Gasteiger partial charge on any atom is -0.383 e. The summed E-state index contributed by atoms with van der Waals surface area (Å²) in [6.07, 6.45) is 8.93. The number of aromatic nitrogens is 4. The van der Waals surface area contributed by atoms with Crippen LogP contribution in [0.4, 0.5) is 0 Å². The molecular weight excluding hydrogens is 266 g/mol. The van der Waals surface area contributed by atoms with Gasteiger partial charge in [0.1, 0.15) is 0 Å². The lowest BCUT2D eigenvalue weighted by Gasteiger charge is -2.16. The van der Waals surface area contributed by atoms with Gasteiger partial charge in [0.15, 0.2) is 11.6 Å². The van der Waals surface area contributed by atoms with E-state index in [0.29, 0.717) is 5.92 Å². The highest BCUT2D eigenvalue weighted by atomic mass is 16.5. The van der Waals surface area contributed by atoms with Gasteiger partial charge in [0.2, 0.25) is 0 Å². The standard InChI is InChI=1S/C15H23N5O/c1-18-7-4-16-14(18)15-17-5-8-20(15)12-13-3-6-19(11-13)9-10-21-2/h4-5,7-8,13H,3,6,9-12H2,1-2H3/t13-/m1/s1. The maximum absolute atomic E-state index is 5.16. The summed E-state index contributed by atoms with van der Waals surface area (Å²) in [6.45, 7) is 5.16. The largest absolute Gasteiger partial charge is 0.383 e. The molecule has 0 bridgehead atoms. The molecule has 6 heteroatoms. The van der Waals surface area contributed by atoms with E-state index < -0.39 is 0 Å². The van der Waals surface area contributed by atoms with Gasteiger partial charge >= 0.3 is 0 Å². The van der Waals surface area contributed by atoms with Crippen LogP contribution in [0.15, 0.2) is 24.8 Å². The van der Waals surface area contributed by atoms with Crippen LogP contribution in [-0.2, 0) is 18.3 Å². The zero-order valence-corrected chi connectivity index (χ0v) is 12.8. The number of ether oxygens (including phenoxy) is 1. The SMILES string of the molecule is COCCN1CC[C@@H](Cn2ccnc2-c2nccn2C)C1. The lowest BCUT2D eigenvalue weighted by atomic mass is 10.1. The first-order chi connectivity index (χ1) is 10.3. The molecule has 2 aromatic heterocycles. The van der Waals surface area contributed by atoms with Crippen LogP contribution < -0.4 is 0 Å². The summed E-state index contributed by atoms with van der Waals surface area (Å²) in [5.74, 6) is 2.56. The lowest BCUT2D eigenvalue weighted by Crippen LogP contribution is -2.25. The van der Waals surface area contributed by atoms with Crippen molar-refractivity contribution in [3.8, 4) is 11.6 Å². The van der Waals surface area contributed by atoms with E-state index in [0.717, 1.165) is 37.9 Å². The van der Waals surface area contributed by atoms with E-state index in [9.17, 15) is 0 Å². The van der Waals surface area contributed by atoms with Crippen molar-refractivity contribution in [2.75, 3.05) is 33.4 Å². The third-order valence-electron chi connectivity index (χ3n) is 4.17. The van der Waals surface area contributed by atoms with Gasteiger partial charge in [-0.05, 0) is 18.9 Å². The van der Waals surface area contributed by atoms with Crippen LogP contribution in [0.5, 0.6) is 0 Å². The minimum absolute atomic E-state index is 0.676. The highest BCUT2D eigenvalue weighted by molar-refractivity contribution is 5.44. The second-order valence-electron chi connectivity index (χ2n) is 5.71. The van der Waals surface area contributed by atoms with E-state index in [1.54, 1.807) is 7.11 Å². The zero-order valence-electron chi connectivity index (χ0n) is 12.8. The maximum Gasteiger partial charge on any atom is 0.176 e. The monoisotopic (exact) mass is 289 g/mol. The average molecular weight is 289 g/mol. The van der Waals surface area contributed by atoms with Gasteiger partial charge in [-0.3, -0.25) is 0 Å². The van der Waals surface area contributed by atoms with Crippen molar-refractivity contribution in [2.24, 2.45) is 13.0 Å². The van der Waals surface area contributed by atoms with Crippen molar-refractivity contribution in [3.63, 3.8) is 0 Å². The molecule has 0 radical (unpaired) electrons. The van der Waals surface area contributed by atoms with Crippen molar-refractivity contribution < 1.29 is 4.74 Å². The van der Waals surface area contributed by atoms with Gasteiger partial charge < -0.3 is 18.8 Å². The van der Waals surface area contributed by atoms with Gasteiger partial charge in [-0.25, -0.2) is 9.97 Å². The van der Waals surface area contributed by atoms with E-state index in [-0.39, 0.29) is 0 Å². The van der Waals surface area contributed by atoms with Gasteiger partial charge in [0.25, 0.3) is 0 Å². The Kier molecular flexibility index (Phi) is 4.36. The Hall–Kier alpha value is -1.66. The quantitative estimate of drug-likeness (QED) is 0.803. The molecule has 0 spiro atoms. The molecule has 1 aliphatic heterocycles. The molecule has 0 N–H and O–H groups in total. The van der Waals surface area contributed by atoms with Crippen LogP contribution in [0.2, 0.25) is 0 Å². The molecule has 2 aromatic rings. The highest BCUT2D eigenvalue weighted by Crippen LogP contribution is 2.21. The van der Waals surface area contributed by atoms with Gasteiger partial charge in [0, 0.05) is 58.6 Å². The first-order valence-electron chi connectivity index (χ1n) is 7.48. The number of methoxy groups -OCH3 is 1. The summed E-state index contributed by atoms with van der Waals surface area (Å²) in [6, 6.07) is 0. The molecular formula is C15H23N5O. The van der Waals surface area contributed by atoms with Crippen molar-refractivity contribution in [3.05, 3.63) is 24.8 Å². The average Bonchev–Trinajstić information content (AvgIpc) is 3.18. The Morgan fingerprint density at radius 1 is 1.24 bits per heavy atom. The molecule has 21 heavy (non-hydrogen) atoms. The van der Waals surface area contributed by atoms with Crippen LogP contribution in [-0.4, -0.2) is 57.4 Å². The second kappa shape index (κ2) is 6.41. The third-order valence-corrected chi connectivity index (χ3v) is 4.17. The van der Waals surface area contributed by atoms with Crippen LogP contribution in [0, 0.1) is 5.92 Å². The summed E-state index contributed by atoms with van der Waals surface area (Å²) in [5, 5.41) is 0. The molecule has 114 valence electrons. The molecule has 6 nitrogen and oxygen atoms in total. The first kappa shape index (κ1) is 14.3. The molecule has 0 unspecified atom stereocenters. The number of hydrogen-bond donors (Lipinski definition) is 0. The fraction of sp³-hybridized carbons (Fsp3) is 0.600. The predicted octanol–water partition coefficient (Wildman–Crippen LogP) is 1.25. The number of rotatable bonds is 6. The Morgan fingerprint density at radius 2 is 2.05 bits per heavy atom. The van der Waals surface area contributed by atoms with E-state index in [2.05, 4.69) is 25.6 Å². The molecule has 0 aliphatic carbocycles. The summed E-state index contributed by atoms with van der Waals surface area (Å²) in [5.41, 5.74) is 0. The molecule has 0 amide bonds. The Morgan fingerprint density at radius 3 is 2.81 bits per heavy atom. The fourth-order valence-corrected chi connectivity index (χ4v) is 3.01. The van der Waals surface area contributed by atoms with Gasteiger partial charge in [0.05, 0.1) is 6.61 Å². The lowest BCUT2D eigenvalue weighted by molar-refractivity contribution is 0.158. The molecule has 1 atom stereocenters. The molecule has 3 rings (SSSR count). The van der Waals surface area contributed by atoms with Crippen molar-refractivity contribution in [2.45, 2.75) is 13.0 Å². The van der Waals surface area contributed by atoms with E-state index in [1.807, 2.05) is 30.2 Å². The molecule has 3 heterocycles. The minimum atomic E-state index is 0.676. The zero-order chi connectivity index (χ0) is 14.7. The normalized spacial score (nSPS) is 19.4. The van der Waals surface area contributed by atoms with E-state index in [4.69, 9.17) is 4.74 Å². The topological polar surface area (TPSA) is 48.1 Å². The summed E-state index contributed by atoms with van der Waals surface area (Å²) in [7, 11) is 3.77. The molecule has 1 aliphatic rings. The number of imidazole rings is 2. The summed E-state index contributed by atoms with van der Waals surface area (Å²) >= 11 is 0. The van der Waals surface area contributed by atoms with Gasteiger partial charge in [-0.1, -0.05) is 0 Å². The molecule has 1 fully saturated rings. The number of nitrogens with zero attached hydrogens (tertiary/aromatic N) is 5. The van der Waals surface area contributed by atoms with Gasteiger partial charge in [-0.15, -0.1) is 0 Å². The number of aryl methyl sites for hydroxylation is 1. The molecule has 0 saturated carbocycles. The summed E-state index contributed by atoms with van der Waals surface area (Å²) in [4.78, 5) is 11.4. The number of likely N-dealkylation sites (tertiary alicyclic amines) is 1. The first-order valence-corrected chi connectivity index (χ1v) is 7.48. The van der Waals surface area contributed by atoms with Crippen molar-refractivity contribution >= 4 is 0 Å². The summed E-state index contributed by atoms with van der Waals surface area (Å²) < 4.78 is 9.40. The molecule has 0 aromatic carbocycles. The van der Waals surface area contributed by atoms with E-state index in [1.165, 1.54) is 13.0 Å². The Bertz CT molecular complexity index is 576. The Labute approximate surface area is 125 Å². The number of hydrogen-bond acceptors (Lipinski definition) is 4.